The number of aromatic nitrogens is 2. The lowest BCUT2D eigenvalue weighted by Gasteiger charge is -2.26. The lowest BCUT2D eigenvalue weighted by molar-refractivity contribution is 0.340. The molecular formula is C46H39N3O2. The first kappa shape index (κ1) is 33.1. The summed E-state index contributed by atoms with van der Waals surface area (Å²) in [6, 6.07) is 54.1. The second kappa shape index (κ2) is 15.8. The number of rotatable bonds is 12. The Balaban J connectivity index is 1.12. The van der Waals surface area contributed by atoms with E-state index in [-0.39, 0.29) is 0 Å². The molecule has 0 aliphatic rings. The molecule has 0 saturated heterocycles. The molecule has 2 aromatic heterocycles. The summed E-state index contributed by atoms with van der Waals surface area (Å²) in [6.07, 6.45) is 6.10. The normalized spacial score (nSPS) is 11.0. The molecule has 0 atom stereocenters. The Bertz CT molecular complexity index is 2070. The lowest BCUT2D eigenvalue weighted by atomic mass is 10.00. The third-order valence-corrected chi connectivity index (χ3v) is 8.50. The van der Waals surface area contributed by atoms with Gasteiger partial charge < -0.3 is 14.4 Å². The number of nitrogens with zero attached hydrogens (tertiary/aromatic N) is 3. The molecule has 5 aromatic carbocycles. The van der Waals surface area contributed by atoms with Gasteiger partial charge in [-0.15, -0.1) is 0 Å². The zero-order valence-electron chi connectivity index (χ0n) is 28.8. The third-order valence-electron chi connectivity index (χ3n) is 8.50. The Kier molecular flexibility index (Phi) is 10.3. The summed E-state index contributed by atoms with van der Waals surface area (Å²) < 4.78 is 11.4. The van der Waals surface area contributed by atoms with E-state index in [9.17, 15) is 0 Å². The molecule has 0 fully saturated rings. The summed E-state index contributed by atoms with van der Waals surface area (Å²) in [5.41, 5.74) is 11.3. The van der Waals surface area contributed by atoms with Crippen LogP contribution in [0.15, 0.2) is 164 Å². The molecule has 7 rings (SSSR count). The van der Waals surface area contributed by atoms with E-state index >= 15 is 0 Å². The molecule has 0 amide bonds. The zero-order valence-corrected chi connectivity index (χ0v) is 28.8. The number of pyridine rings is 2. The maximum absolute atomic E-state index is 5.70. The Morgan fingerprint density at radius 2 is 0.980 bits per heavy atom. The number of ether oxygens (including phenoxy) is 2. The van der Waals surface area contributed by atoms with E-state index in [2.05, 4.69) is 119 Å². The number of benzene rings is 5. The van der Waals surface area contributed by atoms with Crippen LogP contribution in [0.2, 0.25) is 0 Å². The van der Waals surface area contributed by atoms with Crippen LogP contribution in [0, 0.1) is 0 Å². The van der Waals surface area contributed by atoms with Gasteiger partial charge in [-0.1, -0.05) is 84.9 Å². The van der Waals surface area contributed by atoms with Crippen LogP contribution in [0.4, 0.5) is 17.1 Å². The van der Waals surface area contributed by atoms with Crippen LogP contribution in [0.5, 0.6) is 11.5 Å². The average Bonchev–Trinajstić information content (AvgIpc) is 3.20. The highest BCUT2D eigenvalue weighted by Crippen LogP contribution is 2.36. The molecule has 7 aromatic rings. The van der Waals surface area contributed by atoms with Gasteiger partial charge in [0.05, 0.1) is 30.3 Å². The number of hydrogen-bond donors (Lipinski definition) is 0. The van der Waals surface area contributed by atoms with E-state index in [4.69, 9.17) is 14.5 Å². The van der Waals surface area contributed by atoms with Gasteiger partial charge in [0.25, 0.3) is 0 Å². The fraction of sp³-hybridized carbons (Fsp3) is 0.0870. The summed E-state index contributed by atoms with van der Waals surface area (Å²) in [5.74, 6) is 1.71. The largest absolute Gasteiger partial charge is 0.494 e. The van der Waals surface area contributed by atoms with E-state index in [1.54, 1.807) is 6.20 Å². The second-order valence-corrected chi connectivity index (χ2v) is 11.9. The van der Waals surface area contributed by atoms with Crippen LogP contribution in [-0.4, -0.2) is 23.2 Å². The van der Waals surface area contributed by atoms with Crippen molar-refractivity contribution in [2.75, 3.05) is 18.1 Å². The molecule has 0 radical (unpaired) electrons. The Labute approximate surface area is 300 Å². The predicted molar refractivity (Wildman–Crippen MR) is 211 cm³/mol. The van der Waals surface area contributed by atoms with Gasteiger partial charge in [0.15, 0.2) is 0 Å². The first-order valence-electron chi connectivity index (χ1n) is 17.3. The predicted octanol–water partition coefficient (Wildman–Crippen LogP) is 11.9. The van der Waals surface area contributed by atoms with Gasteiger partial charge in [0.1, 0.15) is 11.5 Å². The molecule has 5 nitrogen and oxygen atoms in total. The Morgan fingerprint density at radius 3 is 1.51 bits per heavy atom. The molecule has 0 aliphatic carbocycles. The van der Waals surface area contributed by atoms with Gasteiger partial charge in [0, 0.05) is 28.8 Å². The van der Waals surface area contributed by atoms with Crippen LogP contribution >= 0.6 is 0 Å². The van der Waals surface area contributed by atoms with E-state index in [1.165, 1.54) is 0 Å². The summed E-state index contributed by atoms with van der Waals surface area (Å²) in [5, 5.41) is 0. The van der Waals surface area contributed by atoms with Gasteiger partial charge >= 0.3 is 0 Å². The van der Waals surface area contributed by atoms with Crippen molar-refractivity contribution in [1.82, 2.24) is 9.97 Å². The van der Waals surface area contributed by atoms with Crippen molar-refractivity contribution in [2.45, 2.75) is 13.8 Å². The van der Waals surface area contributed by atoms with Crippen LogP contribution in [0.3, 0.4) is 0 Å². The first-order chi connectivity index (χ1) is 25.2. The molecule has 0 bridgehead atoms. The van der Waals surface area contributed by atoms with Crippen LogP contribution in [0.25, 0.3) is 45.9 Å². The molecule has 2 heterocycles. The van der Waals surface area contributed by atoms with Gasteiger partial charge in [-0.2, -0.15) is 0 Å². The molecule has 0 N–H and O–H groups in total. The molecule has 51 heavy (non-hydrogen) atoms. The second-order valence-electron chi connectivity index (χ2n) is 11.9. The highest BCUT2D eigenvalue weighted by molar-refractivity contribution is 5.80. The van der Waals surface area contributed by atoms with Gasteiger partial charge in [-0.3, -0.25) is 4.98 Å². The van der Waals surface area contributed by atoms with Crippen molar-refractivity contribution in [2.24, 2.45) is 0 Å². The molecule has 250 valence electrons. The standard InChI is InChI=1S/C46H39N3O2/c1-3-50-42-27-23-40(24-28-42)49(41-25-29-43(30-26-41)51-4-2)39-21-17-35(18-22-39)14-13-34-15-19-36(20-16-34)38-32-45(37-10-6-5-7-11-37)48-46(33-38)44-12-8-9-31-47-44/h5-33H,3-4H2,1-2H3/b14-13+. The van der Waals surface area contributed by atoms with Crippen molar-refractivity contribution in [3.05, 3.63) is 175 Å². The van der Waals surface area contributed by atoms with Crippen LogP contribution < -0.4 is 14.4 Å². The van der Waals surface area contributed by atoms with Gasteiger partial charge in [-0.25, -0.2) is 4.98 Å². The zero-order chi connectivity index (χ0) is 34.8. The molecular weight excluding hydrogens is 627 g/mol. The Hall–Kier alpha value is -6.46. The SMILES string of the molecule is CCOc1ccc(N(c2ccc(/C=C/c3ccc(-c4cc(-c5ccccc5)nc(-c5ccccn5)c4)cc3)cc2)c2ccc(OCC)cc2)cc1. The lowest BCUT2D eigenvalue weighted by Crippen LogP contribution is -2.10. The van der Waals surface area contributed by atoms with Gasteiger partial charge in [0.2, 0.25) is 0 Å². The number of anilines is 3. The van der Waals surface area contributed by atoms with Crippen LogP contribution in [0.1, 0.15) is 25.0 Å². The number of hydrogen-bond acceptors (Lipinski definition) is 5. The Morgan fingerprint density at radius 1 is 0.471 bits per heavy atom. The van der Waals surface area contributed by atoms with Crippen molar-refractivity contribution in [1.29, 1.82) is 0 Å². The van der Waals surface area contributed by atoms with Crippen molar-refractivity contribution in [3.8, 4) is 45.3 Å². The average molecular weight is 666 g/mol. The summed E-state index contributed by atoms with van der Waals surface area (Å²) in [4.78, 5) is 11.8. The molecule has 0 saturated carbocycles. The third kappa shape index (κ3) is 8.06. The van der Waals surface area contributed by atoms with Crippen molar-refractivity contribution >= 4 is 29.2 Å². The summed E-state index contributed by atoms with van der Waals surface area (Å²) in [6.45, 7) is 5.26. The minimum atomic E-state index is 0.634. The topological polar surface area (TPSA) is 47.5 Å². The maximum atomic E-state index is 5.70. The summed E-state index contributed by atoms with van der Waals surface area (Å²) in [7, 11) is 0. The fourth-order valence-electron chi connectivity index (χ4n) is 5.98. The summed E-state index contributed by atoms with van der Waals surface area (Å²) >= 11 is 0. The minimum absolute atomic E-state index is 0.634. The molecule has 0 aliphatic heterocycles. The van der Waals surface area contributed by atoms with Gasteiger partial charge in [-0.05, 0) is 121 Å². The highest BCUT2D eigenvalue weighted by Gasteiger charge is 2.13. The van der Waals surface area contributed by atoms with E-state index < -0.39 is 0 Å². The first-order valence-corrected chi connectivity index (χ1v) is 17.3. The molecule has 0 unspecified atom stereocenters. The minimum Gasteiger partial charge on any atom is -0.494 e. The molecule has 0 spiro atoms. The van der Waals surface area contributed by atoms with Crippen LogP contribution in [-0.2, 0) is 0 Å². The van der Waals surface area contributed by atoms with E-state index in [1.807, 2.05) is 74.5 Å². The van der Waals surface area contributed by atoms with E-state index in [0.717, 1.165) is 73.5 Å². The monoisotopic (exact) mass is 665 g/mol. The smallest absolute Gasteiger partial charge is 0.119 e. The highest BCUT2D eigenvalue weighted by atomic mass is 16.5. The van der Waals surface area contributed by atoms with Crippen molar-refractivity contribution in [3.63, 3.8) is 0 Å². The van der Waals surface area contributed by atoms with Crippen molar-refractivity contribution < 1.29 is 9.47 Å². The fourth-order valence-corrected chi connectivity index (χ4v) is 5.98. The van der Waals surface area contributed by atoms with E-state index in [0.29, 0.717) is 13.2 Å². The maximum Gasteiger partial charge on any atom is 0.119 e. The molecule has 5 heteroatoms. The quantitative estimate of drug-likeness (QED) is 0.122.